The van der Waals surface area contributed by atoms with Crippen LogP contribution in [0.3, 0.4) is 0 Å². The molecule has 102 valence electrons. The van der Waals surface area contributed by atoms with Crippen LogP contribution in [-0.2, 0) is 19.9 Å². The van der Waals surface area contributed by atoms with Gasteiger partial charge in [-0.3, -0.25) is 4.68 Å². The van der Waals surface area contributed by atoms with E-state index in [9.17, 15) is 4.39 Å². The summed E-state index contributed by atoms with van der Waals surface area (Å²) in [6.45, 7) is 1.97. The van der Waals surface area contributed by atoms with Crippen molar-refractivity contribution in [3.63, 3.8) is 0 Å². The van der Waals surface area contributed by atoms with Crippen LogP contribution in [0.1, 0.15) is 24.6 Å². The van der Waals surface area contributed by atoms with Crippen LogP contribution in [0.25, 0.3) is 0 Å². The lowest BCUT2D eigenvalue weighted by Gasteiger charge is -2.25. The van der Waals surface area contributed by atoms with Crippen LogP contribution in [0.4, 0.5) is 4.39 Å². The average Bonchev–Trinajstić information content (AvgIpc) is 2.75. The summed E-state index contributed by atoms with van der Waals surface area (Å²) in [4.78, 5) is 0. The van der Waals surface area contributed by atoms with Gasteiger partial charge in [-0.15, -0.1) is 0 Å². The van der Waals surface area contributed by atoms with Gasteiger partial charge >= 0.3 is 0 Å². The summed E-state index contributed by atoms with van der Waals surface area (Å²) in [5.74, 6) is -0.181. The van der Waals surface area contributed by atoms with E-state index in [1.807, 2.05) is 30.8 Å². The lowest BCUT2D eigenvalue weighted by molar-refractivity contribution is 0.416. The molecule has 1 heterocycles. The van der Waals surface area contributed by atoms with Crippen LogP contribution >= 0.6 is 0 Å². The Kier molecular flexibility index (Phi) is 4.00. The molecule has 0 aliphatic heterocycles. The molecule has 4 heteroatoms. The topological polar surface area (TPSA) is 43.8 Å². The summed E-state index contributed by atoms with van der Waals surface area (Å²) in [5, 5.41) is 4.13. The molecule has 1 unspecified atom stereocenters. The van der Waals surface area contributed by atoms with Gasteiger partial charge in [0.25, 0.3) is 0 Å². The third-order valence-electron chi connectivity index (χ3n) is 3.43. The van der Waals surface area contributed by atoms with E-state index in [4.69, 9.17) is 5.73 Å². The van der Waals surface area contributed by atoms with Crippen LogP contribution < -0.4 is 5.73 Å². The number of aryl methyl sites for hydroxylation is 2. The second-order valence-electron chi connectivity index (χ2n) is 5.37. The molecule has 0 aliphatic carbocycles. The monoisotopic (exact) mass is 261 g/mol. The molecule has 0 fully saturated rings. The number of rotatable bonds is 5. The molecule has 0 bridgehead atoms. The van der Waals surface area contributed by atoms with Crippen molar-refractivity contribution in [2.45, 2.75) is 31.7 Å². The normalized spacial score (nSPS) is 14.3. The molecule has 3 nitrogen and oxygen atoms in total. The maximum Gasteiger partial charge on any atom is 0.126 e. The number of hydrogen-bond donors (Lipinski definition) is 1. The van der Waals surface area contributed by atoms with Gasteiger partial charge in [-0.2, -0.15) is 5.10 Å². The third-order valence-corrected chi connectivity index (χ3v) is 3.43. The number of hydrogen-bond acceptors (Lipinski definition) is 2. The Labute approximate surface area is 113 Å². The van der Waals surface area contributed by atoms with Gasteiger partial charge in [0.15, 0.2) is 0 Å². The van der Waals surface area contributed by atoms with Crippen LogP contribution in [0.2, 0.25) is 0 Å². The molecule has 1 aromatic carbocycles. The van der Waals surface area contributed by atoms with E-state index in [0.29, 0.717) is 12.0 Å². The molecule has 1 atom stereocenters. The van der Waals surface area contributed by atoms with E-state index in [-0.39, 0.29) is 5.82 Å². The first kappa shape index (κ1) is 13.7. The highest BCUT2D eigenvalue weighted by Crippen LogP contribution is 2.19. The number of aromatic nitrogens is 2. The molecule has 19 heavy (non-hydrogen) atoms. The van der Waals surface area contributed by atoms with Crippen molar-refractivity contribution < 1.29 is 4.39 Å². The molecule has 0 radical (unpaired) electrons. The van der Waals surface area contributed by atoms with Crippen LogP contribution in [0.5, 0.6) is 0 Å². The SMILES string of the molecule is Cn1nccc1CCC(C)(N)Cc1ccccc1F. The van der Waals surface area contributed by atoms with Crippen molar-refractivity contribution in [3.05, 3.63) is 53.6 Å². The molecule has 2 N–H and O–H groups in total. The van der Waals surface area contributed by atoms with Crippen LogP contribution in [-0.4, -0.2) is 15.3 Å². The number of halogens is 1. The molecular formula is C15H20FN3. The van der Waals surface area contributed by atoms with Crippen molar-refractivity contribution >= 4 is 0 Å². The minimum absolute atomic E-state index is 0.181. The van der Waals surface area contributed by atoms with Crippen molar-refractivity contribution in [1.29, 1.82) is 0 Å². The summed E-state index contributed by atoms with van der Waals surface area (Å²) in [6, 6.07) is 8.80. The molecule has 0 saturated heterocycles. The number of nitrogens with two attached hydrogens (primary N) is 1. The molecule has 0 spiro atoms. The Bertz CT molecular complexity index is 546. The summed E-state index contributed by atoms with van der Waals surface area (Å²) < 4.78 is 15.5. The summed E-state index contributed by atoms with van der Waals surface area (Å²) >= 11 is 0. The van der Waals surface area contributed by atoms with E-state index in [1.54, 1.807) is 18.3 Å². The number of nitrogens with zero attached hydrogens (tertiary/aromatic N) is 2. The zero-order valence-corrected chi connectivity index (χ0v) is 11.4. The Hall–Kier alpha value is -1.68. The van der Waals surface area contributed by atoms with Gasteiger partial charge in [0.1, 0.15) is 5.82 Å². The van der Waals surface area contributed by atoms with E-state index >= 15 is 0 Å². The largest absolute Gasteiger partial charge is 0.325 e. The molecule has 0 amide bonds. The van der Waals surface area contributed by atoms with E-state index in [0.717, 1.165) is 18.5 Å². The second kappa shape index (κ2) is 5.53. The zero-order chi connectivity index (χ0) is 13.9. The molecular weight excluding hydrogens is 241 g/mol. The Morgan fingerprint density at radius 2 is 2.05 bits per heavy atom. The van der Waals surface area contributed by atoms with E-state index < -0.39 is 5.54 Å². The summed E-state index contributed by atoms with van der Waals surface area (Å²) in [7, 11) is 1.92. The van der Waals surface area contributed by atoms with Crippen molar-refractivity contribution in [2.75, 3.05) is 0 Å². The summed E-state index contributed by atoms with van der Waals surface area (Å²) in [6.07, 6.45) is 3.95. The first-order valence-corrected chi connectivity index (χ1v) is 6.47. The molecule has 2 rings (SSSR count). The maximum atomic E-state index is 13.6. The molecule has 0 aliphatic rings. The first-order chi connectivity index (χ1) is 8.98. The molecule has 0 saturated carbocycles. The second-order valence-corrected chi connectivity index (χ2v) is 5.37. The maximum absolute atomic E-state index is 13.6. The fraction of sp³-hybridized carbons (Fsp3) is 0.400. The van der Waals surface area contributed by atoms with Crippen molar-refractivity contribution in [1.82, 2.24) is 9.78 Å². The first-order valence-electron chi connectivity index (χ1n) is 6.47. The third kappa shape index (κ3) is 3.64. The predicted octanol–water partition coefficient (Wildman–Crippen LogP) is 2.45. The highest BCUT2D eigenvalue weighted by Gasteiger charge is 2.21. The van der Waals surface area contributed by atoms with Crippen LogP contribution in [0, 0.1) is 5.82 Å². The lowest BCUT2D eigenvalue weighted by Crippen LogP contribution is -2.39. The fourth-order valence-corrected chi connectivity index (χ4v) is 2.23. The highest BCUT2D eigenvalue weighted by atomic mass is 19.1. The van der Waals surface area contributed by atoms with Crippen LogP contribution in [0.15, 0.2) is 36.5 Å². The standard InChI is InChI=1S/C15H20FN3/c1-15(17,9-7-13-8-10-18-19(13)2)11-12-5-3-4-6-14(12)16/h3-6,8,10H,7,9,11,17H2,1-2H3. The van der Waals surface area contributed by atoms with Gasteiger partial charge in [-0.25, -0.2) is 4.39 Å². The Morgan fingerprint density at radius 3 is 2.68 bits per heavy atom. The van der Waals surface area contributed by atoms with E-state index in [2.05, 4.69) is 5.10 Å². The molecule has 1 aromatic heterocycles. The fourth-order valence-electron chi connectivity index (χ4n) is 2.23. The lowest BCUT2D eigenvalue weighted by atomic mass is 9.88. The number of benzene rings is 1. The smallest absolute Gasteiger partial charge is 0.126 e. The van der Waals surface area contributed by atoms with Gasteiger partial charge in [0.05, 0.1) is 0 Å². The van der Waals surface area contributed by atoms with Gasteiger partial charge < -0.3 is 5.73 Å². The zero-order valence-electron chi connectivity index (χ0n) is 11.4. The predicted molar refractivity (Wildman–Crippen MR) is 74.2 cm³/mol. The van der Waals surface area contributed by atoms with E-state index in [1.165, 1.54) is 6.07 Å². The van der Waals surface area contributed by atoms with Crippen molar-refractivity contribution in [3.8, 4) is 0 Å². The minimum Gasteiger partial charge on any atom is -0.325 e. The van der Waals surface area contributed by atoms with Gasteiger partial charge in [-0.05, 0) is 43.9 Å². The Morgan fingerprint density at radius 1 is 1.32 bits per heavy atom. The van der Waals surface area contributed by atoms with Gasteiger partial charge in [0.2, 0.25) is 0 Å². The Balaban J connectivity index is 1.99. The highest BCUT2D eigenvalue weighted by molar-refractivity contribution is 5.20. The van der Waals surface area contributed by atoms with Gasteiger partial charge in [-0.1, -0.05) is 18.2 Å². The van der Waals surface area contributed by atoms with Crippen molar-refractivity contribution in [2.24, 2.45) is 12.8 Å². The molecule has 2 aromatic rings. The summed E-state index contributed by atoms with van der Waals surface area (Å²) in [5.41, 5.74) is 7.69. The van der Waals surface area contributed by atoms with Gasteiger partial charge in [0, 0.05) is 24.5 Å². The average molecular weight is 261 g/mol. The minimum atomic E-state index is -0.424. The quantitative estimate of drug-likeness (QED) is 0.898.